The van der Waals surface area contributed by atoms with E-state index in [0.29, 0.717) is 18.4 Å². The van der Waals surface area contributed by atoms with E-state index in [-0.39, 0.29) is 0 Å². The van der Waals surface area contributed by atoms with Crippen molar-refractivity contribution >= 4 is 5.78 Å². The number of likely N-dealkylation sites (tertiary alicyclic amines) is 1. The summed E-state index contributed by atoms with van der Waals surface area (Å²) >= 11 is 0. The molecule has 3 nitrogen and oxygen atoms in total. The molecule has 1 fully saturated rings. The second-order valence-electron chi connectivity index (χ2n) is 4.76. The fourth-order valence-corrected chi connectivity index (χ4v) is 2.29. The summed E-state index contributed by atoms with van der Waals surface area (Å²) in [6.07, 6.45) is 4.28. The van der Waals surface area contributed by atoms with Gasteiger partial charge in [-0.1, -0.05) is 6.92 Å². The van der Waals surface area contributed by atoms with Gasteiger partial charge in [-0.2, -0.15) is 0 Å². The zero-order chi connectivity index (χ0) is 11.3. The highest BCUT2D eigenvalue weighted by Crippen LogP contribution is 2.15. The van der Waals surface area contributed by atoms with Gasteiger partial charge in [-0.15, -0.1) is 0 Å². The summed E-state index contributed by atoms with van der Waals surface area (Å²) in [6, 6.07) is 0.657. The first kappa shape index (κ1) is 12.7. The molecule has 1 atom stereocenters. The minimum absolute atomic E-state index is 0.376. The van der Waals surface area contributed by atoms with E-state index in [1.165, 1.54) is 19.4 Å². The van der Waals surface area contributed by atoms with Crippen molar-refractivity contribution in [2.24, 2.45) is 0 Å². The van der Waals surface area contributed by atoms with Gasteiger partial charge < -0.3 is 4.90 Å². The normalized spacial score (nSPS) is 22.5. The fourth-order valence-electron chi connectivity index (χ4n) is 2.29. The van der Waals surface area contributed by atoms with Gasteiger partial charge in [0.1, 0.15) is 5.78 Å². The van der Waals surface area contributed by atoms with Crippen LogP contribution >= 0.6 is 0 Å². The number of carbonyl (C=O) groups excluding carboxylic acids is 1. The number of nitrogens with zero attached hydrogens (tertiary/aromatic N) is 2. The van der Waals surface area contributed by atoms with Crippen LogP contribution in [0.2, 0.25) is 0 Å². The van der Waals surface area contributed by atoms with Crippen LogP contribution in [0.4, 0.5) is 0 Å². The Hall–Kier alpha value is -0.410. The van der Waals surface area contributed by atoms with E-state index in [0.717, 1.165) is 19.4 Å². The molecule has 0 aliphatic carbocycles. The highest BCUT2D eigenvalue weighted by molar-refractivity contribution is 5.80. The Bertz CT molecular complexity index is 206. The third kappa shape index (κ3) is 4.31. The lowest BCUT2D eigenvalue weighted by Gasteiger charge is -2.25. The Balaban J connectivity index is 2.22. The quantitative estimate of drug-likeness (QED) is 0.664. The summed E-state index contributed by atoms with van der Waals surface area (Å²) in [5, 5.41) is 0. The Morgan fingerprint density at radius 1 is 1.53 bits per heavy atom. The van der Waals surface area contributed by atoms with Crippen molar-refractivity contribution in [2.75, 3.05) is 33.7 Å². The molecule has 0 aromatic carbocycles. The van der Waals surface area contributed by atoms with Gasteiger partial charge in [0.05, 0.1) is 6.54 Å². The average molecular weight is 212 g/mol. The second-order valence-corrected chi connectivity index (χ2v) is 4.76. The van der Waals surface area contributed by atoms with Crippen LogP contribution in [0.3, 0.4) is 0 Å². The van der Waals surface area contributed by atoms with Crippen LogP contribution in [0.15, 0.2) is 0 Å². The molecule has 1 heterocycles. The zero-order valence-electron chi connectivity index (χ0n) is 10.3. The minimum Gasteiger partial charge on any atom is -0.302 e. The van der Waals surface area contributed by atoms with E-state index in [1.54, 1.807) is 0 Å². The van der Waals surface area contributed by atoms with Gasteiger partial charge in [0.2, 0.25) is 0 Å². The van der Waals surface area contributed by atoms with Crippen molar-refractivity contribution in [3.63, 3.8) is 0 Å². The molecule has 1 aliphatic heterocycles. The van der Waals surface area contributed by atoms with E-state index >= 15 is 0 Å². The van der Waals surface area contributed by atoms with Crippen molar-refractivity contribution < 1.29 is 4.79 Å². The van der Waals surface area contributed by atoms with Crippen molar-refractivity contribution in [3.8, 4) is 0 Å². The molecule has 0 aromatic rings. The first-order valence-electron chi connectivity index (χ1n) is 6.04. The van der Waals surface area contributed by atoms with Crippen molar-refractivity contribution in [1.82, 2.24) is 9.80 Å². The van der Waals surface area contributed by atoms with Gasteiger partial charge in [0, 0.05) is 19.0 Å². The SMILES string of the molecule is CCCC(=O)CN(C)CC1CCCN1C. The van der Waals surface area contributed by atoms with Crippen molar-refractivity contribution in [1.29, 1.82) is 0 Å². The van der Waals surface area contributed by atoms with Crippen molar-refractivity contribution in [2.45, 2.75) is 38.6 Å². The van der Waals surface area contributed by atoms with Crippen LogP contribution < -0.4 is 0 Å². The lowest BCUT2D eigenvalue weighted by Crippen LogP contribution is -2.38. The molecule has 15 heavy (non-hydrogen) atoms. The molecule has 88 valence electrons. The van der Waals surface area contributed by atoms with Crippen LogP contribution in [0.25, 0.3) is 0 Å². The second kappa shape index (κ2) is 6.23. The van der Waals surface area contributed by atoms with Crippen LogP contribution in [0.5, 0.6) is 0 Å². The molecule has 1 saturated heterocycles. The van der Waals surface area contributed by atoms with Gasteiger partial charge >= 0.3 is 0 Å². The first-order valence-corrected chi connectivity index (χ1v) is 6.04. The molecule has 0 saturated carbocycles. The molecule has 3 heteroatoms. The number of likely N-dealkylation sites (N-methyl/N-ethyl adjacent to an activating group) is 2. The van der Waals surface area contributed by atoms with E-state index in [1.807, 2.05) is 0 Å². The predicted octanol–water partition coefficient (Wildman–Crippen LogP) is 1.38. The van der Waals surface area contributed by atoms with Crippen molar-refractivity contribution in [3.05, 3.63) is 0 Å². The average Bonchev–Trinajstić information content (AvgIpc) is 2.52. The topological polar surface area (TPSA) is 23.6 Å². The summed E-state index contributed by atoms with van der Waals surface area (Å²) in [5.41, 5.74) is 0. The molecule has 0 radical (unpaired) electrons. The lowest BCUT2D eigenvalue weighted by molar-refractivity contribution is -0.120. The maximum atomic E-state index is 11.5. The summed E-state index contributed by atoms with van der Waals surface area (Å²) in [4.78, 5) is 16.0. The molecule has 1 unspecified atom stereocenters. The van der Waals surface area contributed by atoms with E-state index in [2.05, 4.69) is 30.8 Å². The Labute approximate surface area is 93.4 Å². The van der Waals surface area contributed by atoms with Gasteiger partial charge in [0.15, 0.2) is 0 Å². The lowest BCUT2D eigenvalue weighted by atomic mass is 10.2. The fraction of sp³-hybridized carbons (Fsp3) is 0.917. The van der Waals surface area contributed by atoms with E-state index in [4.69, 9.17) is 0 Å². The molecule has 0 N–H and O–H groups in total. The molecule has 0 spiro atoms. The predicted molar refractivity (Wildman–Crippen MR) is 63.1 cm³/mol. The molecule has 1 aliphatic rings. The first-order chi connectivity index (χ1) is 7.13. The number of Topliss-reactive ketones (excluding diaryl/α,β-unsaturated/α-hetero) is 1. The molecule has 1 rings (SSSR count). The van der Waals surface area contributed by atoms with E-state index < -0.39 is 0 Å². The maximum absolute atomic E-state index is 11.5. The van der Waals surface area contributed by atoms with Gasteiger partial charge in [0.25, 0.3) is 0 Å². The standard InChI is InChI=1S/C12H24N2O/c1-4-6-12(15)10-13(2)9-11-7-5-8-14(11)3/h11H,4-10H2,1-3H3. The molecular weight excluding hydrogens is 188 g/mol. The highest BCUT2D eigenvalue weighted by atomic mass is 16.1. The number of carbonyl (C=O) groups is 1. The summed E-state index contributed by atoms with van der Waals surface area (Å²) in [5.74, 6) is 0.376. The minimum atomic E-state index is 0.376. The van der Waals surface area contributed by atoms with Crippen LogP contribution in [-0.2, 0) is 4.79 Å². The largest absolute Gasteiger partial charge is 0.302 e. The van der Waals surface area contributed by atoms with E-state index in [9.17, 15) is 4.79 Å². The zero-order valence-corrected chi connectivity index (χ0v) is 10.3. The third-order valence-electron chi connectivity index (χ3n) is 3.17. The third-order valence-corrected chi connectivity index (χ3v) is 3.17. The van der Waals surface area contributed by atoms with Gasteiger partial charge in [-0.3, -0.25) is 9.69 Å². The maximum Gasteiger partial charge on any atom is 0.146 e. The summed E-state index contributed by atoms with van der Waals surface area (Å²) < 4.78 is 0. The van der Waals surface area contributed by atoms with Gasteiger partial charge in [-0.25, -0.2) is 0 Å². The molecule has 0 aromatic heterocycles. The monoisotopic (exact) mass is 212 g/mol. The van der Waals surface area contributed by atoms with Crippen LogP contribution in [0, 0.1) is 0 Å². The molecule has 0 bridgehead atoms. The number of ketones is 1. The summed E-state index contributed by atoms with van der Waals surface area (Å²) in [6.45, 7) is 4.92. The molecular formula is C12H24N2O. The Morgan fingerprint density at radius 3 is 2.80 bits per heavy atom. The number of hydrogen-bond donors (Lipinski definition) is 0. The van der Waals surface area contributed by atoms with Crippen LogP contribution in [-0.4, -0.2) is 55.4 Å². The highest BCUT2D eigenvalue weighted by Gasteiger charge is 2.22. The Kier molecular flexibility index (Phi) is 5.26. The van der Waals surface area contributed by atoms with Crippen LogP contribution in [0.1, 0.15) is 32.6 Å². The Morgan fingerprint density at radius 2 is 2.27 bits per heavy atom. The summed E-state index contributed by atoms with van der Waals surface area (Å²) in [7, 11) is 4.24. The molecule has 0 amide bonds. The number of rotatable bonds is 6. The van der Waals surface area contributed by atoms with Gasteiger partial charge in [-0.05, 0) is 39.9 Å². The number of hydrogen-bond acceptors (Lipinski definition) is 3. The smallest absolute Gasteiger partial charge is 0.146 e.